The van der Waals surface area contributed by atoms with Crippen LogP contribution in [-0.4, -0.2) is 11.7 Å². The summed E-state index contributed by atoms with van der Waals surface area (Å²) in [6.45, 7) is 4.66. The third-order valence-corrected chi connectivity index (χ3v) is 3.23. The highest BCUT2D eigenvalue weighted by Crippen LogP contribution is 2.23. The molecule has 0 aliphatic carbocycles. The van der Waals surface area contributed by atoms with Crippen LogP contribution in [0.3, 0.4) is 0 Å². The maximum atomic E-state index is 10.3. The number of hydrogen-bond donors (Lipinski definition) is 1. The van der Waals surface area contributed by atoms with Crippen molar-refractivity contribution in [3.05, 3.63) is 65.2 Å². The van der Waals surface area contributed by atoms with E-state index in [9.17, 15) is 5.11 Å². The van der Waals surface area contributed by atoms with Crippen LogP contribution in [0.5, 0.6) is 5.75 Å². The van der Waals surface area contributed by atoms with Crippen molar-refractivity contribution in [2.75, 3.05) is 6.61 Å². The van der Waals surface area contributed by atoms with Gasteiger partial charge in [0.05, 0.1) is 12.7 Å². The van der Waals surface area contributed by atoms with Crippen LogP contribution >= 0.6 is 0 Å². The van der Waals surface area contributed by atoms with Gasteiger partial charge in [-0.1, -0.05) is 36.4 Å². The van der Waals surface area contributed by atoms with Gasteiger partial charge in [0.15, 0.2) is 0 Å². The topological polar surface area (TPSA) is 29.5 Å². The number of hydrogen-bond acceptors (Lipinski definition) is 2. The Hall–Kier alpha value is -1.80. The summed E-state index contributed by atoms with van der Waals surface area (Å²) in [5.41, 5.74) is 3.29. The monoisotopic (exact) mass is 256 g/mol. The van der Waals surface area contributed by atoms with Crippen molar-refractivity contribution in [1.82, 2.24) is 0 Å². The zero-order chi connectivity index (χ0) is 13.7. The van der Waals surface area contributed by atoms with E-state index in [1.54, 1.807) is 0 Å². The Bertz CT molecular complexity index is 534. The smallest absolute Gasteiger partial charge is 0.119 e. The highest BCUT2D eigenvalue weighted by molar-refractivity contribution is 5.32. The summed E-state index contributed by atoms with van der Waals surface area (Å²) in [5, 5.41) is 10.3. The molecule has 0 aliphatic rings. The molecule has 0 radical (unpaired) electrons. The lowest BCUT2D eigenvalue weighted by atomic mass is 9.98. The fourth-order valence-corrected chi connectivity index (χ4v) is 2.14. The summed E-state index contributed by atoms with van der Waals surface area (Å²) in [6, 6.07) is 15.8. The lowest BCUT2D eigenvalue weighted by Gasteiger charge is -2.14. The zero-order valence-corrected chi connectivity index (χ0v) is 11.5. The number of aryl methyl sites for hydroxylation is 1. The summed E-state index contributed by atoms with van der Waals surface area (Å²) < 4.78 is 5.46. The molecule has 0 bridgehead atoms. The van der Waals surface area contributed by atoms with Gasteiger partial charge in [-0.15, -0.1) is 0 Å². The minimum Gasteiger partial charge on any atom is -0.494 e. The van der Waals surface area contributed by atoms with E-state index in [0.29, 0.717) is 13.0 Å². The lowest BCUT2D eigenvalue weighted by molar-refractivity contribution is 0.177. The predicted molar refractivity (Wildman–Crippen MR) is 77.5 cm³/mol. The maximum absolute atomic E-state index is 10.3. The Morgan fingerprint density at radius 3 is 2.63 bits per heavy atom. The molecule has 1 unspecified atom stereocenters. The first-order valence-corrected chi connectivity index (χ1v) is 6.66. The zero-order valence-electron chi connectivity index (χ0n) is 11.5. The van der Waals surface area contributed by atoms with Crippen LogP contribution in [0.4, 0.5) is 0 Å². The third kappa shape index (κ3) is 3.58. The van der Waals surface area contributed by atoms with Crippen LogP contribution in [0.25, 0.3) is 0 Å². The fourth-order valence-electron chi connectivity index (χ4n) is 2.14. The number of ether oxygens (including phenoxy) is 1. The molecule has 0 saturated carbocycles. The number of benzene rings is 2. The molecule has 0 saturated heterocycles. The summed E-state index contributed by atoms with van der Waals surface area (Å²) in [7, 11) is 0. The van der Waals surface area contributed by atoms with E-state index in [4.69, 9.17) is 4.74 Å². The molecule has 19 heavy (non-hydrogen) atoms. The van der Waals surface area contributed by atoms with E-state index in [2.05, 4.69) is 19.1 Å². The van der Waals surface area contributed by atoms with Gasteiger partial charge < -0.3 is 9.84 Å². The molecule has 0 spiro atoms. The van der Waals surface area contributed by atoms with E-state index >= 15 is 0 Å². The van der Waals surface area contributed by atoms with Crippen molar-refractivity contribution >= 4 is 0 Å². The number of aliphatic hydroxyl groups excluding tert-OH is 1. The molecular weight excluding hydrogens is 236 g/mol. The Morgan fingerprint density at radius 2 is 1.89 bits per heavy atom. The second-order valence-electron chi connectivity index (χ2n) is 4.65. The molecule has 100 valence electrons. The molecule has 2 heteroatoms. The molecule has 2 aromatic carbocycles. The lowest BCUT2D eigenvalue weighted by Crippen LogP contribution is -2.03. The van der Waals surface area contributed by atoms with Crippen molar-refractivity contribution in [2.45, 2.75) is 26.4 Å². The fraction of sp³-hybridized carbons (Fsp3) is 0.294. The second kappa shape index (κ2) is 6.39. The normalized spacial score (nSPS) is 12.2. The van der Waals surface area contributed by atoms with E-state index in [1.165, 1.54) is 11.1 Å². The van der Waals surface area contributed by atoms with E-state index in [1.807, 2.05) is 43.3 Å². The first-order chi connectivity index (χ1) is 9.20. The van der Waals surface area contributed by atoms with Gasteiger partial charge in [0.1, 0.15) is 5.75 Å². The van der Waals surface area contributed by atoms with Crippen LogP contribution in [0.15, 0.2) is 48.5 Å². The average molecular weight is 256 g/mol. The van der Waals surface area contributed by atoms with Crippen LogP contribution in [0, 0.1) is 6.92 Å². The molecule has 0 aliphatic heterocycles. The maximum Gasteiger partial charge on any atom is 0.119 e. The van der Waals surface area contributed by atoms with Gasteiger partial charge in [-0.25, -0.2) is 0 Å². The van der Waals surface area contributed by atoms with E-state index < -0.39 is 6.10 Å². The molecule has 0 amide bonds. The van der Waals surface area contributed by atoms with Crippen molar-refractivity contribution in [1.29, 1.82) is 0 Å². The first-order valence-electron chi connectivity index (χ1n) is 6.66. The van der Waals surface area contributed by atoms with Crippen LogP contribution < -0.4 is 4.74 Å². The molecule has 0 fully saturated rings. The molecule has 0 heterocycles. The largest absolute Gasteiger partial charge is 0.494 e. The summed E-state index contributed by atoms with van der Waals surface area (Å²) in [5.74, 6) is 0.809. The quantitative estimate of drug-likeness (QED) is 0.884. The predicted octanol–water partition coefficient (Wildman–Crippen LogP) is 3.67. The van der Waals surface area contributed by atoms with Gasteiger partial charge in [-0.2, -0.15) is 0 Å². The highest BCUT2D eigenvalue weighted by Gasteiger charge is 2.10. The minimum atomic E-state index is -0.499. The molecule has 0 aromatic heterocycles. The van der Waals surface area contributed by atoms with Gasteiger partial charge in [0, 0.05) is 6.42 Å². The van der Waals surface area contributed by atoms with Gasteiger partial charge >= 0.3 is 0 Å². The van der Waals surface area contributed by atoms with Crippen LogP contribution in [0.1, 0.15) is 29.7 Å². The van der Waals surface area contributed by atoms with Crippen molar-refractivity contribution in [3.63, 3.8) is 0 Å². The van der Waals surface area contributed by atoms with Gasteiger partial charge in [0.25, 0.3) is 0 Å². The average Bonchev–Trinajstić information content (AvgIpc) is 2.42. The summed E-state index contributed by atoms with van der Waals surface area (Å²) in [4.78, 5) is 0. The Labute approximate surface area is 114 Å². The highest BCUT2D eigenvalue weighted by atomic mass is 16.5. The van der Waals surface area contributed by atoms with Crippen molar-refractivity contribution < 1.29 is 9.84 Å². The molecule has 1 atom stereocenters. The van der Waals surface area contributed by atoms with E-state index in [-0.39, 0.29) is 0 Å². The minimum absolute atomic E-state index is 0.499. The Morgan fingerprint density at radius 1 is 1.11 bits per heavy atom. The van der Waals surface area contributed by atoms with Crippen molar-refractivity contribution in [3.8, 4) is 5.75 Å². The summed E-state index contributed by atoms with van der Waals surface area (Å²) >= 11 is 0. The molecule has 2 rings (SSSR count). The third-order valence-electron chi connectivity index (χ3n) is 3.23. The van der Waals surface area contributed by atoms with Crippen LogP contribution in [0.2, 0.25) is 0 Å². The number of rotatable bonds is 5. The van der Waals surface area contributed by atoms with Crippen molar-refractivity contribution in [2.24, 2.45) is 0 Å². The number of aliphatic hydroxyl groups is 1. The van der Waals surface area contributed by atoms with Gasteiger partial charge in [-0.3, -0.25) is 0 Å². The molecule has 2 nitrogen and oxygen atoms in total. The SMILES string of the molecule is CCOc1cccc(C(O)Cc2ccccc2C)c1. The molecule has 1 N–H and O–H groups in total. The molecular formula is C17H20O2. The Balaban J connectivity index is 2.13. The first kappa shape index (κ1) is 13.6. The summed E-state index contributed by atoms with van der Waals surface area (Å²) in [6.07, 6.45) is 0.129. The van der Waals surface area contributed by atoms with Gasteiger partial charge in [0.2, 0.25) is 0 Å². The molecule has 2 aromatic rings. The Kier molecular flexibility index (Phi) is 4.58. The van der Waals surface area contributed by atoms with E-state index in [0.717, 1.165) is 11.3 Å². The standard InChI is InChI=1S/C17H20O2/c1-3-19-16-10-6-9-15(11-16)17(18)12-14-8-5-4-7-13(14)2/h4-11,17-18H,3,12H2,1-2H3. The van der Waals surface area contributed by atoms with Gasteiger partial charge in [-0.05, 0) is 42.7 Å². The van der Waals surface area contributed by atoms with Crippen LogP contribution in [-0.2, 0) is 6.42 Å². The second-order valence-corrected chi connectivity index (χ2v) is 4.65.